The number of carbonyl (C=O) groups excluding carboxylic acids is 3. The van der Waals surface area contributed by atoms with Crippen molar-refractivity contribution in [1.82, 2.24) is 19.1 Å². The van der Waals surface area contributed by atoms with Gasteiger partial charge in [0.2, 0.25) is 5.95 Å². The molecule has 1 fully saturated rings. The number of hydrogen-bond acceptors (Lipinski definition) is 11. The number of carbonyl (C=O) groups is 3. The van der Waals surface area contributed by atoms with Crippen LogP contribution in [0.2, 0.25) is 0 Å². The zero-order valence-electron chi connectivity index (χ0n) is 16.7. The van der Waals surface area contributed by atoms with E-state index in [1.165, 1.54) is 38.7 Å². The third-order valence-corrected chi connectivity index (χ3v) is 4.45. The molecule has 1 aliphatic rings. The topological polar surface area (TPSA) is 167 Å². The number of rotatable bonds is 5. The number of nitrogen functional groups attached to an aromatic ring is 1. The van der Waals surface area contributed by atoms with Gasteiger partial charge in [-0.05, 0) is 0 Å². The molecule has 2 aromatic rings. The van der Waals surface area contributed by atoms with E-state index in [0.29, 0.717) is 0 Å². The Kier molecular flexibility index (Phi) is 5.73. The van der Waals surface area contributed by atoms with Crippen molar-refractivity contribution in [2.45, 2.75) is 45.3 Å². The highest BCUT2D eigenvalue weighted by molar-refractivity contribution is 5.71. The Balaban J connectivity index is 2.08. The molecule has 3 heterocycles. The lowest BCUT2D eigenvalue weighted by atomic mass is 10.1. The summed E-state index contributed by atoms with van der Waals surface area (Å²) in [6.07, 6.45) is -2.97. The molecule has 0 radical (unpaired) electrons. The van der Waals surface area contributed by atoms with Crippen LogP contribution in [0, 0.1) is 0 Å². The van der Waals surface area contributed by atoms with Gasteiger partial charge in [-0.1, -0.05) is 0 Å². The molecule has 1 saturated heterocycles. The maximum absolute atomic E-state index is 12.4. The monoisotopic (exact) mass is 423 g/mol. The molecule has 0 saturated carbocycles. The van der Waals surface area contributed by atoms with Crippen molar-refractivity contribution in [3.63, 3.8) is 0 Å². The van der Waals surface area contributed by atoms with Crippen molar-refractivity contribution >= 4 is 35.0 Å². The van der Waals surface area contributed by atoms with E-state index < -0.39 is 48.0 Å². The quantitative estimate of drug-likeness (QED) is 0.464. The van der Waals surface area contributed by atoms with Crippen molar-refractivity contribution < 1.29 is 33.3 Å². The summed E-state index contributed by atoms with van der Waals surface area (Å²) in [5, 5.41) is 0. The van der Waals surface area contributed by atoms with Crippen LogP contribution in [0.4, 0.5) is 5.95 Å². The van der Waals surface area contributed by atoms with Crippen LogP contribution in [0.25, 0.3) is 11.2 Å². The third-order valence-electron chi connectivity index (χ3n) is 4.45. The lowest BCUT2D eigenvalue weighted by molar-refractivity contribution is -0.166. The summed E-state index contributed by atoms with van der Waals surface area (Å²) in [6, 6.07) is 0. The van der Waals surface area contributed by atoms with Crippen LogP contribution in [-0.2, 0) is 40.4 Å². The highest BCUT2D eigenvalue weighted by atomic mass is 16.7. The SMILES string of the molecule is CC(=O)OC[C@H]1O[C@@H](n2cnc3c(=O)n(C)c(N)nc32)[C@H](OC(C)=O)[C@@H]1OC(C)=O. The molecule has 0 bridgehead atoms. The molecule has 0 aliphatic carbocycles. The molecule has 0 aromatic carbocycles. The van der Waals surface area contributed by atoms with E-state index in [1.807, 2.05) is 0 Å². The maximum Gasteiger partial charge on any atom is 0.303 e. The Hall–Kier alpha value is -3.48. The minimum Gasteiger partial charge on any atom is -0.463 e. The van der Waals surface area contributed by atoms with Gasteiger partial charge in [0, 0.05) is 27.8 Å². The zero-order valence-corrected chi connectivity index (χ0v) is 16.7. The summed E-state index contributed by atoms with van der Waals surface area (Å²) in [4.78, 5) is 55.2. The van der Waals surface area contributed by atoms with Gasteiger partial charge >= 0.3 is 17.9 Å². The second-order valence-electron chi connectivity index (χ2n) is 6.67. The van der Waals surface area contributed by atoms with E-state index in [9.17, 15) is 19.2 Å². The lowest BCUT2D eigenvalue weighted by Gasteiger charge is -2.23. The maximum atomic E-state index is 12.4. The van der Waals surface area contributed by atoms with Crippen LogP contribution in [0.5, 0.6) is 0 Å². The molecule has 30 heavy (non-hydrogen) atoms. The molecule has 3 rings (SSSR count). The van der Waals surface area contributed by atoms with Crippen LogP contribution in [0.1, 0.15) is 27.0 Å². The summed E-state index contributed by atoms with van der Waals surface area (Å²) < 4.78 is 24.0. The molecule has 2 N–H and O–H groups in total. The number of imidazole rings is 1. The fourth-order valence-corrected chi connectivity index (χ4v) is 3.17. The number of aromatic nitrogens is 4. The summed E-state index contributed by atoms with van der Waals surface area (Å²) >= 11 is 0. The van der Waals surface area contributed by atoms with Gasteiger partial charge in [0.15, 0.2) is 29.6 Å². The third kappa shape index (κ3) is 3.96. The van der Waals surface area contributed by atoms with Gasteiger partial charge in [0.1, 0.15) is 12.7 Å². The largest absolute Gasteiger partial charge is 0.463 e. The standard InChI is InChI=1S/C17H21N5O8/c1-7(23)27-5-10-12(28-8(2)24)13(29-9(3)25)16(30-10)22-6-19-11-14(22)20-17(18)21(4)15(11)26/h6,10,12-13,16H,5H2,1-4H3,(H2,18,20)/t10-,12-,13-,16-/m1/s1. The average molecular weight is 423 g/mol. The van der Waals surface area contributed by atoms with Gasteiger partial charge in [0.05, 0.1) is 6.33 Å². The number of ether oxygens (including phenoxy) is 4. The molecule has 1 aliphatic heterocycles. The molecule has 13 nitrogen and oxygen atoms in total. The van der Waals surface area contributed by atoms with Gasteiger partial charge in [-0.2, -0.15) is 4.98 Å². The summed E-state index contributed by atoms with van der Waals surface area (Å²) in [6.45, 7) is 3.31. The normalized spacial score (nSPS) is 23.3. The van der Waals surface area contributed by atoms with Crippen LogP contribution >= 0.6 is 0 Å². The first-order valence-corrected chi connectivity index (χ1v) is 8.92. The Morgan fingerprint density at radius 3 is 2.37 bits per heavy atom. The molecule has 0 spiro atoms. The Morgan fingerprint density at radius 1 is 1.13 bits per heavy atom. The number of esters is 3. The van der Waals surface area contributed by atoms with E-state index in [-0.39, 0.29) is 23.7 Å². The molecule has 13 heteroatoms. The molecular weight excluding hydrogens is 402 g/mol. The lowest BCUT2D eigenvalue weighted by Crippen LogP contribution is -2.40. The second kappa shape index (κ2) is 8.10. The number of nitrogens with two attached hydrogens (primary N) is 1. The van der Waals surface area contributed by atoms with Gasteiger partial charge in [0.25, 0.3) is 5.56 Å². The van der Waals surface area contributed by atoms with Gasteiger partial charge in [-0.25, -0.2) is 4.98 Å². The van der Waals surface area contributed by atoms with Crippen LogP contribution in [0.15, 0.2) is 11.1 Å². The van der Waals surface area contributed by atoms with E-state index in [0.717, 1.165) is 4.57 Å². The molecular formula is C17H21N5O8. The summed E-state index contributed by atoms with van der Waals surface area (Å²) in [5.41, 5.74) is 5.42. The van der Waals surface area contributed by atoms with E-state index >= 15 is 0 Å². The minimum absolute atomic E-state index is 0.0179. The van der Waals surface area contributed by atoms with Crippen molar-refractivity contribution in [1.29, 1.82) is 0 Å². The fraction of sp³-hybridized carbons (Fsp3) is 0.529. The highest BCUT2D eigenvalue weighted by Crippen LogP contribution is 2.35. The number of fused-ring (bicyclic) bond motifs is 1. The minimum atomic E-state index is -1.13. The first-order valence-electron chi connectivity index (χ1n) is 8.92. The van der Waals surface area contributed by atoms with E-state index in [4.69, 9.17) is 24.7 Å². The summed E-state index contributed by atoms with van der Waals surface area (Å²) in [7, 11) is 1.45. The first kappa shape index (κ1) is 21.2. The Labute approximate surface area is 169 Å². The molecule has 4 atom stereocenters. The highest BCUT2D eigenvalue weighted by Gasteiger charge is 2.51. The van der Waals surface area contributed by atoms with Crippen molar-refractivity contribution in [3.8, 4) is 0 Å². The predicted octanol–water partition coefficient (Wildman–Crippen LogP) is -0.964. The number of nitrogens with zero attached hydrogens (tertiary/aromatic N) is 4. The van der Waals surface area contributed by atoms with Crippen molar-refractivity contribution in [2.24, 2.45) is 7.05 Å². The molecule has 0 unspecified atom stereocenters. The summed E-state index contributed by atoms with van der Waals surface area (Å²) in [5.74, 6) is -1.95. The zero-order chi connectivity index (χ0) is 22.2. The van der Waals surface area contributed by atoms with Crippen LogP contribution in [-0.4, -0.2) is 61.9 Å². The van der Waals surface area contributed by atoms with E-state index in [2.05, 4.69) is 9.97 Å². The predicted molar refractivity (Wildman–Crippen MR) is 98.8 cm³/mol. The Morgan fingerprint density at radius 2 is 1.77 bits per heavy atom. The van der Waals surface area contributed by atoms with Gasteiger partial charge < -0.3 is 24.7 Å². The average Bonchev–Trinajstić information content (AvgIpc) is 3.19. The second-order valence-corrected chi connectivity index (χ2v) is 6.67. The van der Waals surface area contributed by atoms with Gasteiger partial charge in [-0.3, -0.25) is 28.3 Å². The number of anilines is 1. The van der Waals surface area contributed by atoms with Crippen molar-refractivity contribution in [2.75, 3.05) is 12.3 Å². The Bertz CT molecular complexity index is 1060. The molecule has 0 amide bonds. The van der Waals surface area contributed by atoms with Crippen LogP contribution < -0.4 is 11.3 Å². The first-order chi connectivity index (χ1) is 14.1. The van der Waals surface area contributed by atoms with Crippen molar-refractivity contribution in [3.05, 3.63) is 16.7 Å². The van der Waals surface area contributed by atoms with Crippen LogP contribution in [0.3, 0.4) is 0 Å². The van der Waals surface area contributed by atoms with E-state index in [1.54, 1.807) is 0 Å². The smallest absolute Gasteiger partial charge is 0.303 e. The fourth-order valence-electron chi connectivity index (χ4n) is 3.17. The number of hydrogen-bond donors (Lipinski definition) is 1. The molecule has 162 valence electrons. The molecule has 2 aromatic heterocycles. The van der Waals surface area contributed by atoms with Gasteiger partial charge in [-0.15, -0.1) is 0 Å².